The van der Waals surface area contributed by atoms with Gasteiger partial charge in [-0.05, 0) is 41.1 Å². The normalized spacial score (nSPS) is 10.7. The Morgan fingerprint density at radius 3 is 2.46 bits per heavy atom. The number of para-hydroxylation sites is 2. The van der Waals surface area contributed by atoms with Gasteiger partial charge in [-0.15, -0.1) is 0 Å². The van der Waals surface area contributed by atoms with E-state index in [1.165, 1.54) is 0 Å². The number of ether oxygens (including phenoxy) is 1. The fourth-order valence-corrected chi connectivity index (χ4v) is 2.95. The van der Waals surface area contributed by atoms with Crippen molar-refractivity contribution in [3.63, 3.8) is 0 Å². The SMILES string of the molecule is COc1cc2ccccc2cc1C(=O)Nc1ccccc1-n1cccn1. The molecular weight excluding hydrogens is 326 g/mol. The van der Waals surface area contributed by atoms with Crippen molar-refractivity contribution in [3.05, 3.63) is 84.7 Å². The highest BCUT2D eigenvalue weighted by Gasteiger charge is 2.15. The lowest BCUT2D eigenvalue weighted by molar-refractivity contribution is 0.102. The quantitative estimate of drug-likeness (QED) is 0.601. The van der Waals surface area contributed by atoms with E-state index in [2.05, 4.69) is 10.4 Å². The number of carbonyl (C=O) groups excluding carboxylic acids is 1. The molecule has 128 valence electrons. The first kappa shape index (κ1) is 15.9. The summed E-state index contributed by atoms with van der Waals surface area (Å²) < 4.78 is 7.15. The molecule has 0 spiro atoms. The minimum atomic E-state index is -0.229. The van der Waals surface area contributed by atoms with Crippen molar-refractivity contribution in [2.24, 2.45) is 0 Å². The lowest BCUT2D eigenvalue weighted by Gasteiger charge is -2.13. The van der Waals surface area contributed by atoms with E-state index in [0.29, 0.717) is 17.0 Å². The molecule has 0 unspecified atom stereocenters. The minimum Gasteiger partial charge on any atom is -0.496 e. The molecule has 0 bridgehead atoms. The predicted molar refractivity (Wildman–Crippen MR) is 102 cm³/mol. The van der Waals surface area contributed by atoms with E-state index in [0.717, 1.165) is 16.5 Å². The van der Waals surface area contributed by atoms with Crippen molar-refractivity contribution in [3.8, 4) is 11.4 Å². The van der Waals surface area contributed by atoms with Gasteiger partial charge in [-0.1, -0.05) is 36.4 Å². The highest BCUT2D eigenvalue weighted by atomic mass is 16.5. The number of fused-ring (bicyclic) bond motifs is 1. The number of nitrogens with zero attached hydrogens (tertiary/aromatic N) is 2. The zero-order valence-electron chi connectivity index (χ0n) is 14.2. The number of hydrogen-bond acceptors (Lipinski definition) is 3. The molecule has 5 heteroatoms. The van der Waals surface area contributed by atoms with Gasteiger partial charge in [0.1, 0.15) is 5.75 Å². The first-order chi connectivity index (χ1) is 12.8. The number of hydrogen-bond donors (Lipinski definition) is 1. The standard InChI is InChI=1S/C21H17N3O2/c1-26-20-14-16-8-3-2-7-15(16)13-17(20)21(25)23-18-9-4-5-10-19(18)24-12-6-11-22-24/h2-14H,1H3,(H,23,25). The third-order valence-electron chi connectivity index (χ3n) is 4.22. The van der Waals surface area contributed by atoms with Crippen LogP contribution in [0.15, 0.2) is 79.1 Å². The van der Waals surface area contributed by atoms with Crippen LogP contribution in [0.2, 0.25) is 0 Å². The number of aromatic nitrogens is 2. The first-order valence-corrected chi connectivity index (χ1v) is 8.23. The van der Waals surface area contributed by atoms with Gasteiger partial charge in [-0.25, -0.2) is 4.68 Å². The number of carbonyl (C=O) groups is 1. The highest BCUT2D eigenvalue weighted by molar-refractivity contribution is 6.09. The molecule has 26 heavy (non-hydrogen) atoms. The summed E-state index contributed by atoms with van der Waals surface area (Å²) in [6.07, 6.45) is 3.53. The lowest BCUT2D eigenvalue weighted by atomic mass is 10.1. The number of benzene rings is 3. The van der Waals surface area contributed by atoms with Gasteiger partial charge in [-0.2, -0.15) is 5.10 Å². The third-order valence-corrected chi connectivity index (χ3v) is 4.22. The second-order valence-electron chi connectivity index (χ2n) is 5.82. The Bertz CT molecular complexity index is 1070. The molecule has 0 aliphatic heterocycles. The van der Waals surface area contributed by atoms with Gasteiger partial charge in [0.05, 0.1) is 24.0 Å². The second-order valence-corrected chi connectivity index (χ2v) is 5.82. The Balaban J connectivity index is 1.73. The summed E-state index contributed by atoms with van der Waals surface area (Å²) in [6, 6.07) is 21.0. The van der Waals surface area contributed by atoms with E-state index in [-0.39, 0.29) is 5.91 Å². The molecule has 0 aliphatic carbocycles. The summed E-state index contributed by atoms with van der Waals surface area (Å²) in [6.45, 7) is 0. The summed E-state index contributed by atoms with van der Waals surface area (Å²) in [7, 11) is 1.57. The zero-order valence-corrected chi connectivity index (χ0v) is 14.2. The van der Waals surface area contributed by atoms with Gasteiger partial charge in [0.2, 0.25) is 0 Å². The van der Waals surface area contributed by atoms with E-state index < -0.39 is 0 Å². The first-order valence-electron chi connectivity index (χ1n) is 8.23. The molecule has 1 aromatic heterocycles. The largest absolute Gasteiger partial charge is 0.496 e. The zero-order chi connectivity index (χ0) is 17.9. The van der Waals surface area contributed by atoms with E-state index in [4.69, 9.17) is 4.74 Å². The van der Waals surface area contributed by atoms with Crippen molar-refractivity contribution < 1.29 is 9.53 Å². The maximum atomic E-state index is 12.9. The summed E-state index contributed by atoms with van der Waals surface area (Å²) in [5.74, 6) is 0.310. The smallest absolute Gasteiger partial charge is 0.259 e. The summed E-state index contributed by atoms with van der Waals surface area (Å²) in [5.41, 5.74) is 1.96. The summed E-state index contributed by atoms with van der Waals surface area (Å²) in [4.78, 5) is 12.9. The maximum absolute atomic E-state index is 12.9. The van der Waals surface area contributed by atoms with Crippen molar-refractivity contribution in [2.45, 2.75) is 0 Å². The van der Waals surface area contributed by atoms with Crippen LogP contribution in [0.4, 0.5) is 5.69 Å². The average Bonchev–Trinajstić information content (AvgIpc) is 3.22. The molecule has 0 fully saturated rings. The van der Waals surface area contributed by atoms with Crippen LogP contribution in [0.5, 0.6) is 5.75 Å². The van der Waals surface area contributed by atoms with Gasteiger partial charge in [-0.3, -0.25) is 4.79 Å². The molecule has 5 nitrogen and oxygen atoms in total. The molecule has 0 saturated heterocycles. The average molecular weight is 343 g/mol. The van der Waals surface area contributed by atoms with Crippen LogP contribution >= 0.6 is 0 Å². The van der Waals surface area contributed by atoms with E-state index in [9.17, 15) is 4.79 Å². The molecule has 3 aromatic carbocycles. The van der Waals surface area contributed by atoms with Crippen LogP contribution < -0.4 is 10.1 Å². The molecule has 0 saturated carbocycles. The number of anilines is 1. The Labute approximate surface area is 150 Å². The van der Waals surface area contributed by atoms with Crippen LogP contribution in [0.25, 0.3) is 16.5 Å². The van der Waals surface area contributed by atoms with Gasteiger partial charge in [0, 0.05) is 12.4 Å². The number of nitrogens with one attached hydrogen (secondary N) is 1. The number of methoxy groups -OCH3 is 1. The van der Waals surface area contributed by atoms with Crippen molar-refractivity contribution in [2.75, 3.05) is 12.4 Å². The van der Waals surface area contributed by atoms with Gasteiger partial charge in [0.25, 0.3) is 5.91 Å². The van der Waals surface area contributed by atoms with E-state index >= 15 is 0 Å². The molecule has 0 aliphatic rings. The third kappa shape index (κ3) is 2.91. The minimum absolute atomic E-state index is 0.229. The van der Waals surface area contributed by atoms with Crippen LogP contribution in [0.3, 0.4) is 0 Å². The predicted octanol–water partition coefficient (Wildman–Crippen LogP) is 4.29. The van der Waals surface area contributed by atoms with E-state index in [1.54, 1.807) is 18.0 Å². The Morgan fingerprint density at radius 1 is 1.00 bits per heavy atom. The van der Waals surface area contributed by atoms with Crippen molar-refractivity contribution in [1.29, 1.82) is 0 Å². The van der Waals surface area contributed by atoms with Crippen molar-refractivity contribution >= 4 is 22.4 Å². The molecule has 1 heterocycles. The number of rotatable bonds is 4. The van der Waals surface area contributed by atoms with Crippen molar-refractivity contribution in [1.82, 2.24) is 9.78 Å². The molecule has 0 atom stereocenters. The molecule has 4 rings (SSSR count). The highest BCUT2D eigenvalue weighted by Crippen LogP contribution is 2.27. The number of amides is 1. The van der Waals surface area contributed by atoms with Crippen LogP contribution in [0, 0.1) is 0 Å². The molecule has 0 radical (unpaired) electrons. The monoisotopic (exact) mass is 343 g/mol. The topological polar surface area (TPSA) is 56.1 Å². The Morgan fingerprint density at radius 2 is 1.73 bits per heavy atom. The Kier molecular flexibility index (Phi) is 4.11. The molecule has 1 amide bonds. The van der Waals surface area contributed by atoms with Crippen LogP contribution in [-0.2, 0) is 0 Å². The fourth-order valence-electron chi connectivity index (χ4n) is 2.95. The summed E-state index contributed by atoms with van der Waals surface area (Å²) >= 11 is 0. The van der Waals surface area contributed by atoms with Gasteiger partial charge in [0.15, 0.2) is 0 Å². The van der Waals surface area contributed by atoms with E-state index in [1.807, 2.05) is 72.9 Å². The van der Waals surface area contributed by atoms with Crippen LogP contribution in [-0.4, -0.2) is 22.8 Å². The lowest BCUT2D eigenvalue weighted by Crippen LogP contribution is -2.15. The molecule has 4 aromatic rings. The van der Waals surface area contributed by atoms with Crippen LogP contribution in [0.1, 0.15) is 10.4 Å². The van der Waals surface area contributed by atoms with Gasteiger partial charge >= 0.3 is 0 Å². The fraction of sp³-hybridized carbons (Fsp3) is 0.0476. The Hall–Kier alpha value is -3.60. The molecular formula is C21H17N3O2. The second kappa shape index (κ2) is 6.72. The summed E-state index contributed by atoms with van der Waals surface area (Å²) in [5, 5.41) is 9.23. The maximum Gasteiger partial charge on any atom is 0.259 e. The van der Waals surface area contributed by atoms with Gasteiger partial charge < -0.3 is 10.1 Å². The molecule has 1 N–H and O–H groups in total.